The molecule has 0 aliphatic rings. The molecule has 1 N–H and O–H groups in total. The number of hydrogen-bond acceptors (Lipinski definition) is 5. The lowest BCUT2D eigenvalue weighted by Gasteiger charge is -2.14. The number of alkyl halides is 3. The van der Waals surface area contributed by atoms with Crippen LogP contribution in [0.25, 0.3) is 22.8 Å². The highest BCUT2D eigenvalue weighted by Crippen LogP contribution is 2.34. The third-order valence-corrected chi connectivity index (χ3v) is 4.88. The molecule has 0 bridgehead atoms. The van der Waals surface area contributed by atoms with Gasteiger partial charge in [0.05, 0.1) is 11.3 Å². The van der Waals surface area contributed by atoms with E-state index in [0.29, 0.717) is 5.82 Å². The molecule has 0 radical (unpaired) electrons. The lowest BCUT2D eigenvalue weighted by Crippen LogP contribution is -2.28. The number of hydrogen-bond donors (Lipinski definition) is 1. The van der Waals surface area contributed by atoms with E-state index < -0.39 is 29.8 Å². The van der Waals surface area contributed by atoms with Gasteiger partial charge in [0.15, 0.2) is 0 Å². The number of halogens is 3. The number of anilines is 1. The number of aryl methyl sites for hydroxylation is 1. The summed E-state index contributed by atoms with van der Waals surface area (Å²) in [6.07, 6.45) is -3.28. The van der Waals surface area contributed by atoms with Crippen molar-refractivity contribution in [3.8, 4) is 22.8 Å². The van der Waals surface area contributed by atoms with Crippen LogP contribution in [0.15, 0.2) is 76.2 Å². The zero-order chi connectivity index (χ0) is 23.6. The van der Waals surface area contributed by atoms with Crippen LogP contribution in [0.5, 0.6) is 0 Å². The first-order chi connectivity index (χ1) is 15.7. The predicted molar refractivity (Wildman–Crippen MR) is 114 cm³/mol. The summed E-state index contributed by atoms with van der Waals surface area (Å²) >= 11 is 0. The minimum absolute atomic E-state index is 0.0320. The number of nitrogens with zero attached hydrogens (tertiary/aromatic N) is 3. The summed E-state index contributed by atoms with van der Waals surface area (Å²) in [6.45, 7) is 1.38. The van der Waals surface area contributed by atoms with Crippen molar-refractivity contribution >= 4 is 11.6 Å². The molecule has 33 heavy (non-hydrogen) atoms. The molecule has 168 valence electrons. The number of amides is 1. The Bertz CT molecular complexity index is 1380. The lowest BCUT2D eigenvalue weighted by atomic mass is 10.1. The molecule has 0 aliphatic heterocycles. The average Bonchev–Trinajstić information content (AvgIpc) is 3.25. The predicted octanol–water partition coefficient (Wildman–Crippen LogP) is 4.53. The summed E-state index contributed by atoms with van der Waals surface area (Å²) in [5.74, 6) is -0.521. The van der Waals surface area contributed by atoms with E-state index in [-0.39, 0.29) is 17.1 Å². The maximum Gasteiger partial charge on any atom is 0.418 e. The first kappa shape index (κ1) is 22.0. The lowest BCUT2D eigenvalue weighted by molar-refractivity contribution is -0.137. The molecule has 2 aromatic carbocycles. The van der Waals surface area contributed by atoms with Gasteiger partial charge in [-0.2, -0.15) is 18.2 Å². The molecular formula is C23H17F3N4O3. The van der Waals surface area contributed by atoms with Gasteiger partial charge in [-0.15, -0.1) is 0 Å². The quantitative estimate of drug-likeness (QED) is 0.479. The van der Waals surface area contributed by atoms with Crippen molar-refractivity contribution in [1.82, 2.24) is 14.7 Å². The van der Waals surface area contributed by atoms with Crippen LogP contribution < -0.4 is 10.9 Å². The Morgan fingerprint density at radius 1 is 1.03 bits per heavy atom. The van der Waals surface area contributed by atoms with Crippen LogP contribution in [-0.2, 0) is 17.5 Å². The molecule has 0 saturated heterocycles. The van der Waals surface area contributed by atoms with E-state index in [0.717, 1.165) is 27.8 Å². The smallest absolute Gasteiger partial charge is 0.333 e. The first-order valence-corrected chi connectivity index (χ1v) is 9.79. The molecule has 0 atom stereocenters. The first-order valence-electron chi connectivity index (χ1n) is 9.79. The highest BCUT2D eigenvalue weighted by atomic mass is 19.4. The Morgan fingerprint density at radius 2 is 1.73 bits per heavy atom. The largest absolute Gasteiger partial charge is 0.418 e. The molecule has 0 fully saturated rings. The van der Waals surface area contributed by atoms with Crippen LogP contribution in [-0.4, -0.2) is 20.6 Å². The van der Waals surface area contributed by atoms with Crippen molar-refractivity contribution < 1.29 is 22.5 Å². The van der Waals surface area contributed by atoms with E-state index in [1.54, 1.807) is 0 Å². The van der Waals surface area contributed by atoms with E-state index in [1.165, 1.54) is 30.5 Å². The Balaban J connectivity index is 1.57. The second-order valence-electron chi connectivity index (χ2n) is 7.18. The zero-order valence-electron chi connectivity index (χ0n) is 17.3. The summed E-state index contributed by atoms with van der Waals surface area (Å²) in [4.78, 5) is 29.6. The fourth-order valence-electron chi connectivity index (χ4n) is 3.27. The summed E-state index contributed by atoms with van der Waals surface area (Å²) in [7, 11) is 0. The number of carbonyl (C=O) groups is 1. The second-order valence-corrected chi connectivity index (χ2v) is 7.18. The maximum atomic E-state index is 13.2. The van der Waals surface area contributed by atoms with Gasteiger partial charge in [0.1, 0.15) is 12.1 Å². The minimum Gasteiger partial charge on any atom is -0.333 e. The summed E-state index contributed by atoms with van der Waals surface area (Å²) in [6, 6.07) is 15.0. The Kier molecular flexibility index (Phi) is 5.82. The fourth-order valence-corrected chi connectivity index (χ4v) is 3.27. The third kappa shape index (κ3) is 4.69. The van der Waals surface area contributed by atoms with E-state index in [9.17, 15) is 22.8 Å². The number of aromatic nitrogens is 3. The Morgan fingerprint density at radius 3 is 2.48 bits per heavy atom. The van der Waals surface area contributed by atoms with E-state index in [4.69, 9.17) is 4.52 Å². The molecule has 4 aromatic rings. The molecule has 0 unspecified atom stereocenters. The second kappa shape index (κ2) is 8.73. The van der Waals surface area contributed by atoms with E-state index in [2.05, 4.69) is 15.5 Å². The number of rotatable bonds is 5. The van der Waals surface area contributed by atoms with Gasteiger partial charge < -0.3 is 14.4 Å². The molecule has 10 heteroatoms. The number of pyridine rings is 1. The van der Waals surface area contributed by atoms with Gasteiger partial charge in [0.2, 0.25) is 11.7 Å². The average molecular weight is 454 g/mol. The number of nitrogens with one attached hydrogen (secondary N) is 1. The van der Waals surface area contributed by atoms with Crippen LogP contribution >= 0.6 is 0 Å². The molecule has 2 heterocycles. The molecule has 2 aromatic heterocycles. The number of carbonyl (C=O) groups excluding carboxylic acids is 1. The van der Waals surface area contributed by atoms with Gasteiger partial charge in [-0.3, -0.25) is 9.59 Å². The van der Waals surface area contributed by atoms with Crippen molar-refractivity contribution in [3.63, 3.8) is 0 Å². The fraction of sp³-hybridized carbons (Fsp3) is 0.130. The van der Waals surface area contributed by atoms with Gasteiger partial charge in [-0.1, -0.05) is 41.6 Å². The standard InChI is InChI=1S/C23H17F3N4O3/c1-14-7-2-3-8-15(14)20-28-21(33-29-20)16-9-6-12-30(22(16)32)13-19(31)27-18-11-5-4-10-17(18)23(24,25)26/h2-12H,13H2,1H3,(H,27,31). The minimum atomic E-state index is -4.63. The highest BCUT2D eigenvalue weighted by molar-refractivity contribution is 5.91. The van der Waals surface area contributed by atoms with Gasteiger partial charge in [0, 0.05) is 11.8 Å². The van der Waals surface area contributed by atoms with E-state index in [1.807, 2.05) is 31.2 Å². The molecule has 7 nitrogen and oxygen atoms in total. The van der Waals surface area contributed by atoms with Crippen molar-refractivity contribution in [2.75, 3.05) is 5.32 Å². The molecule has 4 rings (SSSR count). The van der Waals surface area contributed by atoms with Crippen molar-refractivity contribution in [2.24, 2.45) is 0 Å². The van der Waals surface area contributed by atoms with Gasteiger partial charge in [-0.05, 0) is 36.8 Å². The van der Waals surface area contributed by atoms with E-state index >= 15 is 0 Å². The highest BCUT2D eigenvalue weighted by Gasteiger charge is 2.33. The monoisotopic (exact) mass is 454 g/mol. The Labute approximate surface area is 185 Å². The summed E-state index contributed by atoms with van der Waals surface area (Å²) in [5.41, 5.74) is -0.240. The van der Waals surface area contributed by atoms with Crippen LogP contribution in [0.3, 0.4) is 0 Å². The molecule has 1 amide bonds. The van der Waals surface area contributed by atoms with Gasteiger partial charge in [0.25, 0.3) is 11.4 Å². The maximum absolute atomic E-state index is 13.2. The zero-order valence-corrected chi connectivity index (χ0v) is 17.3. The number of para-hydroxylation sites is 1. The molecule has 0 saturated carbocycles. The van der Waals surface area contributed by atoms with Crippen molar-refractivity contribution in [2.45, 2.75) is 19.6 Å². The Hall–Kier alpha value is -4.21. The number of benzene rings is 2. The van der Waals surface area contributed by atoms with Crippen LogP contribution in [0, 0.1) is 6.92 Å². The molecular weight excluding hydrogens is 437 g/mol. The molecule has 0 spiro atoms. The summed E-state index contributed by atoms with van der Waals surface area (Å²) < 4.78 is 45.8. The topological polar surface area (TPSA) is 90.0 Å². The SMILES string of the molecule is Cc1ccccc1-c1noc(-c2cccn(CC(=O)Nc3ccccc3C(F)(F)F)c2=O)n1. The van der Waals surface area contributed by atoms with Gasteiger partial charge >= 0.3 is 6.18 Å². The molecule has 0 aliphatic carbocycles. The van der Waals surface area contributed by atoms with Gasteiger partial charge in [-0.25, -0.2) is 0 Å². The van der Waals surface area contributed by atoms with Crippen molar-refractivity contribution in [1.29, 1.82) is 0 Å². The normalized spacial score (nSPS) is 11.4. The van der Waals surface area contributed by atoms with Crippen LogP contribution in [0.4, 0.5) is 18.9 Å². The summed E-state index contributed by atoms with van der Waals surface area (Å²) in [5, 5.41) is 6.14. The third-order valence-electron chi connectivity index (χ3n) is 4.88. The van der Waals surface area contributed by atoms with Crippen molar-refractivity contribution in [3.05, 3.63) is 88.3 Å². The van der Waals surface area contributed by atoms with Crippen LogP contribution in [0.2, 0.25) is 0 Å². The van der Waals surface area contributed by atoms with Crippen LogP contribution in [0.1, 0.15) is 11.1 Å².